The smallest absolute Gasteiger partial charge is 0.211 e. The van der Waals surface area contributed by atoms with Crippen LogP contribution in [0.25, 0.3) is 10.9 Å². The number of nitrogens with zero attached hydrogens (tertiary/aromatic N) is 1. The second kappa shape index (κ2) is 5.06. The summed E-state index contributed by atoms with van der Waals surface area (Å²) in [6, 6.07) is 15.6. The minimum atomic E-state index is -3.82. The standard InChI is InChI=1S/C18H15NO3S/c20-18-15-8-4-5-9-16(15)19(13-10-11-13)12-17(18)23(21,22)14-6-2-1-3-7-14/h1-9,12-13H,10-11H2. The van der Waals surface area contributed by atoms with Crippen LogP contribution in [-0.2, 0) is 9.84 Å². The van der Waals surface area contributed by atoms with Crippen molar-refractivity contribution in [1.29, 1.82) is 0 Å². The molecule has 0 saturated heterocycles. The number of benzene rings is 2. The van der Waals surface area contributed by atoms with Gasteiger partial charge in [0.1, 0.15) is 4.90 Å². The molecule has 1 aromatic heterocycles. The molecule has 4 nitrogen and oxygen atoms in total. The van der Waals surface area contributed by atoms with Crippen molar-refractivity contribution >= 4 is 20.7 Å². The average molecular weight is 325 g/mol. The van der Waals surface area contributed by atoms with Gasteiger partial charge in [0.05, 0.1) is 10.4 Å². The first kappa shape index (κ1) is 14.2. The number of rotatable bonds is 3. The zero-order valence-corrected chi connectivity index (χ0v) is 13.2. The van der Waals surface area contributed by atoms with Crippen molar-refractivity contribution in [2.24, 2.45) is 0 Å². The van der Waals surface area contributed by atoms with E-state index in [1.807, 2.05) is 16.7 Å². The second-order valence-electron chi connectivity index (χ2n) is 5.79. The van der Waals surface area contributed by atoms with E-state index in [2.05, 4.69) is 0 Å². The average Bonchev–Trinajstić information content (AvgIpc) is 3.41. The van der Waals surface area contributed by atoms with E-state index < -0.39 is 15.3 Å². The van der Waals surface area contributed by atoms with Gasteiger partial charge in [0.2, 0.25) is 15.3 Å². The van der Waals surface area contributed by atoms with E-state index in [0.717, 1.165) is 18.4 Å². The summed E-state index contributed by atoms with van der Waals surface area (Å²) in [5.74, 6) is 0. The highest BCUT2D eigenvalue weighted by Crippen LogP contribution is 2.37. The number of hydrogen-bond acceptors (Lipinski definition) is 3. The molecule has 23 heavy (non-hydrogen) atoms. The summed E-state index contributed by atoms with van der Waals surface area (Å²) in [6.07, 6.45) is 3.54. The third-order valence-electron chi connectivity index (χ3n) is 4.19. The molecule has 0 N–H and O–H groups in total. The molecule has 0 radical (unpaired) electrons. The fourth-order valence-electron chi connectivity index (χ4n) is 2.85. The van der Waals surface area contributed by atoms with Gasteiger partial charge in [-0.25, -0.2) is 8.42 Å². The summed E-state index contributed by atoms with van der Waals surface area (Å²) in [4.78, 5) is 12.8. The van der Waals surface area contributed by atoms with Gasteiger partial charge >= 0.3 is 0 Å². The van der Waals surface area contributed by atoms with Crippen LogP contribution in [0, 0.1) is 0 Å². The Bertz CT molecular complexity index is 1050. The number of para-hydroxylation sites is 1. The molecule has 3 aromatic rings. The second-order valence-corrected chi connectivity index (χ2v) is 7.71. The van der Waals surface area contributed by atoms with Crippen molar-refractivity contribution < 1.29 is 8.42 Å². The molecule has 116 valence electrons. The van der Waals surface area contributed by atoms with Crippen molar-refractivity contribution in [3.8, 4) is 0 Å². The minimum Gasteiger partial charge on any atom is -0.343 e. The summed E-state index contributed by atoms with van der Waals surface area (Å²) in [5.41, 5.74) is 0.369. The van der Waals surface area contributed by atoms with E-state index in [1.54, 1.807) is 30.3 Å². The van der Waals surface area contributed by atoms with Crippen LogP contribution < -0.4 is 5.43 Å². The molecule has 0 atom stereocenters. The van der Waals surface area contributed by atoms with Crippen LogP contribution in [0.4, 0.5) is 0 Å². The lowest BCUT2D eigenvalue weighted by molar-refractivity contribution is 0.593. The molecule has 0 aliphatic heterocycles. The third kappa shape index (κ3) is 2.28. The van der Waals surface area contributed by atoms with E-state index in [0.29, 0.717) is 5.39 Å². The van der Waals surface area contributed by atoms with Gasteiger partial charge in [0.15, 0.2) is 0 Å². The van der Waals surface area contributed by atoms with Gasteiger partial charge in [0, 0.05) is 17.6 Å². The van der Waals surface area contributed by atoms with Crippen LogP contribution in [0.1, 0.15) is 18.9 Å². The fraction of sp³-hybridized carbons (Fsp3) is 0.167. The normalized spacial score (nSPS) is 15.0. The van der Waals surface area contributed by atoms with E-state index in [4.69, 9.17) is 0 Å². The lowest BCUT2D eigenvalue weighted by Crippen LogP contribution is -2.19. The molecule has 1 fully saturated rings. The summed E-state index contributed by atoms with van der Waals surface area (Å²) >= 11 is 0. The van der Waals surface area contributed by atoms with Gasteiger partial charge < -0.3 is 4.57 Å². The van der Waals surface area contributed by atoms with Crippen molar-refractivity contribution in [2.45, 2.75) is 28.7 Å². The quantitative estimate of drug-likeness (QED) is 0.743. The van der Waals surface area contributed by atoms with E-state index >= 15 is 0 Å². The predicted octanol–water partition coefficient (Wildman–Crippen LogP) is 3.17. The Labute approximate surface area is 133 Å². The van der Waals surface area contributed by atoms with E-state index in [9.17, 15) is 13.2 Å². The molecule has 0 spiro atoms. The first-order chi connectivity index (χ1) is 11.1. The van der Waals surface area contributed by atoms with Crippen LogP contribution in [0.15, 0.2) is 75.4 Å². The highest BCUT2D eigenvalue weighted by molar-refractivity contribution is 7.91. The van der Waals surface area contributed by atoms with Crippen LogP contribution in [0.2, 0.25) is 0 Å². The molecule has 0 amide bonds. The monoisotopic (exact) mass is 325 g/mol. The summed E-state index contributed by atoms with van der Waals surface area (Å²) < 4.78 is 27.7. The number of hydrogen-bond donors (Lipinski definition) is 0. The zero-order chi connectivity index (χ0) is 16.0. The van der Waals surface area contributed by atoms with Crippen molar-refractivity contribution in [2.75, 3.05) is 0 Å². The van der Waals surface area contributed by atoms with E-state index in [1.165, 1.54) is 18.3 Å². The Kier molecular flexibility index (Phi) is 3.13. The van der Waals surface area contributed by atoms with Crippen molar-refractivity contribution in [1.82, 2.24) is 4.57 Å². The number of aromatic nitrogens is 1. The minimum absolute atomic E-state index is 0.144. The SMILES string of the molecule is O=c1c(S(=O)(=O)c2ccccc2)cn(C2CC2)c2ccccc12. The molecule has 4 rings (SSSR count). The lowest BCUT2D eigenvalue weighted by atomic mass is 10.2. The molecule has 1 saturated carbocycles. The maximum absolute atomic E-state index is 12.9. The molecule has 0 bridgehead atoms. The number of pyridine rings is 1. The summed E-state index contributed by atoms with van der Waals surface area (Å²) in [7, 11) is -3.82. The molecule has 2 aromatic carbocycles. The highest BCUT2D eigenvalue weighted by Gasteiger charge is 2.29. The maximum Gasteiger partial charge on any atom is 0.211 e. The molecular formula is C18H15NO3S. The number of sulfone groups is 1. The number of fused-ring (bicyclic) bond motifs is 1. The summed E-state index contributed by atoms with van der Waals surface area (Å²) in [5, 5.41) is 0.455. The van der Waals surface area contributed by atoms with Crippen LogP contribution in [0.3, 0.4) is 0 Å². The van der Waals surface area contributed by atoms with Crippen molar-refractivity contribution in [3.05, 3.63) is 71.0 Å². The predicted molar refractivity (Wildman–Crippen MR) is 88.4 cm³/mol. The van der Waals surface area contributed by atoms with Gasteiger partial charge in [-0.15, -0.1) is 0 Å². The van der Waals surface area contributed by atoms with Crippen LogP contribution in [-0.4, -0.2) is 13.0 Å². The molecular weight excluding hydrogens is 310 g/mol. The zero-order valence-electron chi connectivity index (χ0n) is 12.3. The van der Waals surface area contributed by atoms with Crippen molar-refractivity contribution in [3.63, 3.8) is 0 Å². The molecule has 0 unspecified atom stereocenters. The van der Waals surface area contributed by atoms with Gasteiger partial charge in [-0.2, -0.15) is 0 Å². The Morgan fingerprint density at radius 3 is 2.26 bits per heavy atom. The molecule has 5 heteroatoms. The Balaban J connectivity index is 2.05. The lowest BCUT2D eigenvalue weighted by Gasteiger charge is -2.13. The molecule has 1 aliphatic rings. The largest absolute Gasteiger partial charge is 0.343 e. The Morgan fingerprint density at radius 1 is 0.913 bits per heavy atom. The van der Waals surface area contributed by atoms with Gasteiger partial charge in [-0.3, -0.25) is 4.79 Å². The Hall–Kier alpha value is -2.40. The maximum atomic E-state index is 12.9. The fourth-order valence-corrected chi connectivity index (χ4v) is 4.23. The topological polar surface area (TPSA) is 56.1 Å². The van der Waals surface area contributed by atoms with Gasteiger partial charge in [-0.05, 0) is 37.1 Å². The van der Waals surface area contributed by atoms with Gasteiger partial charge in [0.25, 0.3) is 0 Å². The van der Waals surface area contributed by atoms with Crippen LogP contribution >= 0.6 is 0 Å². The molecule has 1 aliphatic carbocycles. The van der Waals surface area contributed by atoms with Crippen LogP contribution in [0.5, 0.6) is 0 Å². The highest BCUT2D eigenvalue weighted by atomic mass is 32.2. The third-order valence-corrected chi connectivity index (χ3v) is 5.95. The molecule has 1 heterocycles. The van der Waals surface area contributed by atoms with Gasteiger partial charge in [-0.1, -0.05) is 30.3 Å². The first-order valence-corrected chi connectivity index (χ1v) is 9.01. The first-order valence-electron chi connectivity index (χ1n) is 7.53. The summed E-state index contributed by atoms with van der Waals surface area (Å²) in [6.45, 7) is 0. The van der Waals surface area contributed by atoms with E-state index in [-0.39, 0.29) is 15.8 Å². The Morgan fingerprint density at radius 2 is 1.57 bits per heavy atom.